The summed E-state index contributed by atoms with van der Waals surface area (Å²) < 4.78 is 0. The molecule has 1 aromatic heterocycles. The van der Waals surface area contributed by atoms with Gasteiger partial charge in [-0.05, 0) is 37.6 Å². The Kier molecular flexibility index (Phi) is 3.85. The minimum absolute atomic E-state index is 0.0586. The van der Waals surface area contributed by atoms with Crippen LogP contribution in [0.4, 0.5) is 11.4 Å². The second-order valence-corrected chi connectivity index (χ2v) is 4.56. The summed E-state index contributed by atoms with van der Waals surface area (Å²) in [5, 5.41) is 6.11. The maximum Gasteiger partial charge on any atom is 0.221 e. The van der Waals surface area contributed by atoms with E-state index in [-0.39, 0.29) is 5.91 Å². The largest absolute Gasteiger partial charge is 0.379 e. The Hall–Kier alpha value is -2.30. The summed E-state index contributed by atoms with van der Waals surface area (Å²) in [5.41, 5.74) is 3.93. The van der Waals surface area contributed by atoms with Crippen LogP contribution in [0.3, 0.4) is 0 Å². The molecular weight excluding hydrogens is 240 g/mol. The average Bonchev–Trinajstić information content (AvgIpc) is 2.75. The molecule has 0 bridgehead atoms. The lowest BCUT2D eigenvalue weighted by atomic mass is 10.1. The molecule has 0 aliphatic carbocycles. The minimum Gasteiger partial charge on any atom is -0.379 e. The molecule has 1 amide bonds. The van der Waals surface area contributed by atoms with Gasteiger partial charge in [0.05, 0.1) is 18.4 Å². The van der Waals surface area contributed by atoms with Crippen LogP contribution in [0, 0.1) is 13.8 Å². The summed E-state index contributed by atoms with van der Waals surface area (Å²) in [6.07, 6.45) is 1.82. The topological polar surface area (TPSA) is 69.8 Å². The molecule has 2 rings (SSSR count). The van der Waals surface area contributed by atoms with Crippen molar-refractivity contribution < 1.29 is 4.79 Å². The van der Waals surface area contributed by atoms with Crippen LogP contribution >= 0.6 is 0 Å². The van der Waals surface area contributed by atoms with Gasteiger partial charge in [-0.15, -0.1) is 0 Å². The Bertz CT molecular complexity index is 589. The zero-order valence-corrected chi connectivity index (χ0v) is 11.4. The Morgan fingerprint density at radius 1 is 1.37 bits per heavy atom. The molecule has 0 saturated heterocycles. The van der Waals surface area contributed by atoms with Crippen LogP contribution in [0.25, 0.3) is 0 Å². The number of hydrogen-bond donors (Lipinski definition) is 3. The Morgan fingerprint density at radius 2 is 2.16 bits per heavy atom. The van der Waals surface area contributed by atoms with Crippen molar-refractivity contribution in [1.29, 1.82) is 0 Å². The molecule has 0 aliphatic heterocycles. The Balaban J connectivity index is 2.01. The number of anilines is 2. The molecule has 100 valence electrons. The zero-order valence-electron chi connectivity index (χ0n) is 11.4. The second kappa shape index (κ2) is 5.56. The van der Waals surface area contributed by atoms with Crippen LogP contribution in [-0.2, 0) is 11.3 Å². The van der Waals surface area contributed by atoms with Crippen molar-refractivity contribution in [2.24, 2.45) is 0 Å². The fourth-order valence-corrected chi connectivity index (χ4v) is 1.86. The highest BCUT2D eigenvalue weighted by Gasteiger charge is 2.02. The third-order valence-corrected chi connectivity index (χ3v) is 2.78. The molecule has 3 N–H and O–H groups in total. The number of nitrogens with one attached hydrogen (secondary N) is 3. The first-order valence-corrected chi connectivity index (χ1v) is 6.17. The molecule has 1 aromatic carbocycles. The van der Waals surface area contributed by atoms with Gasteiger partial charge in [0.1, 0.15) is 5.82 Å². The van der Waals surface area contributed by atoms with Gasteiger partial charge < -0.3 is 15.6 Å². The number of nitrogens with zero attached hydrogens (tertiary/aromatic N) is 1. The number of rotatable bonds is 4. The summed E-state index contributed by atoms with van der Waals surface area (Å²) in [4.78, 5) is 18.3. The van der Waals surface area contributed by atoms with Gasteiger partial charge in [-0.3, -0.25) is 4.79 Å². The lowest BCUT2D eigenvalue weighted by Crippen LogP contribution is -2.07. The molecule has 2 aromatic rings. The number of hydrogen-bond acceptors (Lipinski definition) is 3. The van der Waals surface area contributed by atoms with E-state index in [1.54, 1.807) is 0 Å². The maximum atomic E-state index is 11.0. The van der Waals surface area contributed by atoms with E-state index in [0.29, 0.717) is 6.54 Å². The molecule has 0 saturated carbocycles. The smallest absolute Gasteiger partial charge is 0.221 e. The Labute approximate surface area is 112 Å². The van der Waals surface area contributed by atoms with Gasteiger partial charge in [0, 0.05) is 18.3 Å². The van der Waals surface area contributed by atoms with E-state index in [0.717, 1.165) is 28.5 Å². The van der Waals surface area contributed by atoms with Crippen molar-refractivity contribution in [1.82, 2.24) is 9.97 Å². The van der Waals surface area contributed by atoms with E-state index in [9.17, 15) is 4.79 Å². The monoisotopic (exact) mass is 258 g/mol. The summed E-state index contributed by atoms with van der Waals surface area (Å²) in [6.45, 7) is 6.10. The van der Waals surface area contributed by atoms with Crippen molar-refractivity contribution in [3.63, 3.8) is 0 Å². The van der Waals surface area contributed by atoms with E-state index in [1.165, 1.54) is 6.92 Å². The van der Waals surface area contributed by atoms with Crippen molar-refractivity contribution in [2.75, 3.05) is 10.6 Å². The summed E-state index contributed by atoms with van der Waals surface area (Å²) >= 11 is 0. The normalized spacial score (nSPS) is 10.3. The Morgan fingerprint density at radius 3 is 2.74 bits per heavy atom. The van der Waals surface area contributed by atoms with Crippen LogP contribution < -0.4 is 10.6 Å². The number of aromatic nitrogens is 2. The van der Waals surface area contributed by atoms with Gasteiger partial charge in [0.25, 0.3) is 0 Å². The molecule has 5 nitrogen and oxygen atoms in total. The van der Waals surface area contributed by atoms with Crippen molar-refractivity contribution in [3.8, 4) is 0 Å². The van der Waals surface area contributed by atoms with Gasteiger partial charge >= 0.3 is 0 Å². The van der Waals surface area contributed by atoms with E-state index in [2.05, 4.69) is 20.6 Å². The third kappa shape index (κ3) is 3.58. The summed E-state index contributed by atoms with van der Waals surface area (Å²) in [5.74, 6) is 0.853. The number of amides is 1. The first-order chi connectivity index (χ1) is 9.04. The van der Waals surface area contributed by atoms with Crippen LogP contribution in [0.1, 0.15) is 24.0 Å². The van der Waals surface area contributed by atoms with Gasteiger partial charge in [-0.2, -0.15) is 0 Å². The number of H-pyrrole nitrogens is 1. The zero-order chi connectivity index (χ0) is 13.8. The highest BCUT2D eigenvalue weighted by molar-refractivity contribution is 5.89. The first kappa shape index (κ1) is 13.1. The van der Waals surface area contributed by atoms with E-state index in [4.69, 9.17) is 0 Å². The lowest BCUT2D eigenvalue weighted by Gasteiger charge is -2.10. The molecule has 0 fully saturated rings. The van der Waals surface area contributed by atoms with Crippen molar-refractivity contribution in [3.05, 3.63) is 41.5 Å². The molecule has 0 atom stereocenters. The van der Waals surface area contributed by atoms with Gasteiger partial charge in [-0.25, -0.2) is 4.98 Å². The van der Waals surface area contributed by atoms with Crippen LogP contribution in [0.2, 0.25) is 0 Å². The molecule has 0 radical (unpaired) electrons. The summed E-state index contributed by atoms with van der Waals surface area (Å²) in [7, 11) is 0. The molecule has 5 heteroatoms. The number of aryl methyl sites for hydroxylation is 2. The first-order valence-electron chi connectivity index (χ1n) is 6.17. The molecule has 1 heterocycles. The molecule has 0 unspecified atom stereocenters. The fraction of sp³-hybridized carbons (Fsp3) is 0.286. The van der Waals surface area contributed by atoms with Crippen molar-refractivity contribution >= 4 is 17.3 Å². The highest BCUT2D eigenvalue weighted by Crippen LogP contribution is 2.20. The SMILES string of the molecule is CC(=O)Nc1ccc(NCc2cnc(C)[nH]2)cc1C. The van der Waals surface area contributed by atoms with Crippen LogP contribution in [-0.4, -0.2) is 15.9 Å². The maximum absolute atomic E-state index is 11.0. The number of benzene rings is 1. The van der Waals surface area contributed by atoms with Gasteiger partial charge in [0.2, 0.25) is 5.91 Å². The number of aromatic amines is 1. The quantitative estimate of drug-likeness (QED) is 0.789. The van der Waals surface area contributed by atoms with Crippen LogP contribution in [0.5, 0.6) is 0 Å². The van der Waals surface area contributed by atoms with Gasteiger partial charge in [0.15, 0.2) is 0 Å². The number of carbonyl (C=O) groups excluding carboxylic acids is 1. The molecule has 19 heavy (non-hydrogen) atoms. The van der Waals surface area contributed by atoms with E-state index >= 15 is 0 Å². The molecular formula is C14H18N4O. The fourth-order valence-electron chi connectivity index (χ4n) is 1.86. The molecule has 0 spiro atoms. The standard InChI is InChI=1S/C14H18N4O/c1-9-6-12(4-5-14(9)18-11(3)19)16-8-13-7-15-10(2)17-13/h4-7,16H,8H2,1-3H3,(H,15,17)(H,18,19). The van der Waals surface area contributed by atoms with E-state index in [1.807, 2.05) is 38.2 Å². The van der Waals surface area contributed by atoms with Crippen LogP contribution in [0.15, 0.2) is 24.4 Å². The highest BCUT2D eigenvalue weighted by atomic mass is 16.1. The van der Waals surface area contributed by atoms with Gasteiger partial charge in [-0.1, -0.05) is 0 Å². The molecule has 0 aliphatic rings. The number of carbonyl (C=O) groups is 1. The minimum atomic E-state index is -0.0586. The average molecular weight is 258 g/mol. The predicted octanol–water partition coefficient (Wildman–Crippen LogP) is 2.60. The summed E-state index contributed by atoms with van der Waals surface area (Å²) in [6, 6.07) is 5.85. The lowest BCUT2D eigenvalue weighted by molar-refractivity contribution is -0.114. The van der Waals surface area contributed by atoms with Crippen molar-refractivity contribution in [2.45, 2.75) is 27.3 Å². The predicted molar refractivity (Wildman–Crippen MR) is 76.1 cm³/mol. The van der Waals surface area contributed by atoms with E-state index < -0.39 is 0 Å². The second-order valence-electron chi connectivity index (χ2n) is 4.56. The third-order valence-electron chi connectivity index (χ3n) is 2.78. The number of imidazole rings is 1.